The van der Waals surface area contributed by atoms with Gasteiger partial charge in [-0.15, -0.1) is 12.4 Å². The quantitative estimate of drug-likeness (QED) is 0.912. The molecule has 102 valence electrons. The van der Waals surface area contributed by atoms with Crippen LogP contribution in [-0.2, 0) is 13.0 Å². The number of halogens is 1. The monoisotopic (exact) mass is 270 g/mol. The molecule has 18 heavy (non-hydrogen) atoms. The number of rotatable bonds is 4. The molecule has 0 radical (unpaired) electrons. The fraction of sp³-hybridized carbons (Fsp3) is 0.571. The maximum absolute atomic E-state index is 5.93. The minimum atomic E-state index is 0. The van der Waals surface area contributed by atoms with Gasteiger partial charge in [0.25, 0.3) is 0 Å². The van der Waals surface area contributed by atoms with Crippen LogP contribution in [-0.4, -0.2) is 31.1 Å². The summed E-state index contributed by atoms with van der Waals surface area (Å²) in [6.45, 7) is 5.35. The lowest BCUT2D eigenvalue weighted by Crippen LogP contribution is -2.26. The second-order valence-corrected chi connectivity index (χ2v) is 4.77. The first kappa shape index (κ1) is 15.3. The minimum Gasteiger partial charge on any atom is -0.497 e. The van der Waals surface area contributed by atoms with Gasteiger partial charge in [0.15, 0.2) is 0 Å². The third kappa shape index (κ3) is 3.61. The van der Waals surface area contributed by atoms with Crippen LogP contribution in [0.25, 0.3) is 0 Å². The van der Waals surface area contributed by atoms with Crippen LogP contribution in [0.4, 0.5) is 0 Å². The van der Waals surface area contributed by atoms with Crippen molar-refractivity contribution in [1.29, 1.82) is 0 Å². The van der Waals surface area contributed by atoms with E-state index in [1.807, 2.05) is 6.07 Å². The molecule has 0 unspecified atom stereocenters. The molecule has 2 rings (SSSR count). The largest absolute Gasteiger partial charge is 0.497 e. The van der Waals surface area contributed by atoms with E-state index >= 15 is 0 Å². The van der Waals surface area contributed by atoms with E-state index in [0.717, 1.165) is 38.2 Å². The van der Waals surface area contributed by atoms with E-state index < -0.39 is 0 Å². The summed E-state index contributed by atoms with van der Waals surface area (Å²) in [4.78, 5) is 2.44. The van der Waals surface area contributed by atoms with Crippen LogP contribution in [0.5, 0.6) is 5.75 Å². The lowest BCUT2D eigenvalue weighted by Gasteiger charge is -2.18. The number of methoxy groups -OCH3 is 1. The van der Waals surface area contributed by atoms with E-state index in [1.165, 1.54) is 11.1 Å². The Bertz CT molecular complexity index is 384. The number of benzene rings is 1. The van der Waals surface area contributed by atoms with Crippen LogP contribution in [0.3, 0.4) is 0 Å². The van der Waals surface area contributed by atoms with Crippen molar-refractivity contribution in [2.45, 2.75) is 32.4 Å². The summed E-state index contributed by atoms with van der Waals surface area (Å²) in [5, 5.41) is 0. The van der Waals surface area contributed by atoms with E-state index in [4.69, 9.17) is 10.5 Å². The van der Waals surface area contributed by atoms with Crippen LogP contribution in [0.2, 0.25) is 0 Å². The van der Waals surface area contributed by atoms with Crippen molar-refractivity contribution in [1.82, 2.24) is 4.90 Å². The first-order valence-corrected chi connectivity index (χ1v) is 6.36. The molecule has 1 aromatic carbocycles. The maximum atomic E-state index is 5.93. The summed E-state index contributed by atoms with van der Waals surface area (Å²) >= 11 is 0. The minimum absolute atomic E-state index is 0. The molecular formula is C14H23ClN2O. The second kappa shape index (κ2) is 6.98. The Morgan fingerprint density at radius 1 is 1.39 bits per heavy atom. The Hall–Kier alpha value is -0.770. The molecule has 4 heteroatoms. The molecule has 1 saturated heterocycles. The molecule has 0 bridgehead atoms. The maximum Gasteiger partial charge on any atom is 0.119 e. The predicted octanol–water partition coefficient (Wildman–Crippen LogP) is 2.21. The Labute approximate surface area is 116 Å². The normalized spacial score (nSPS) is 19.6. The standard InChI is InChI=1S/C14H22N2O.ClH/c1-3-11-8-14(17-2)5-4-12(11)9-16-7-6-13(15)10-16;/h4-5,8,13H,3,6-7,9-10,15H2,1-2H3;1H/t13-;/m1./s1. The van der Waals surface area contributed by atoms with Crippen molar-refractivity contribution in [3.8, 4) is 5.75 Å². The molecular weight excluding hydrogens is 248 g/mol. The molecule has 1 atom stereocenters. The summed E-state index contributed by atoms with van der Waals surface area (Å²) in [5.41, 5.74) is 8.72. The van der Waals surface area contributed by atoms with E-state index in [2.05, 4.69) is 24.0 Å². The van der Waals surface area contributed by atoms with Crippen molar-refractivity contribution in [3.63, 3.8) is 0 Å². The fourth-order valence-corrected chi connectivity index (χ4v) is 2.46. The summed E-state index contributed by atoms with van der Waals surface area (Å²) in [7, 11) is 1.72. The highest BCUT2D eigenvalue weighted by molar-refractivity contribution is 5.85. The van der Waals surface area contributed by atoms with E-state index in [0.29, 0.717) is 6.04 Å². The zero-order valence-electron chi connectivity index (χ0n) is 11.2. The lowest BCUT2D eigenvalue weighted by atomic mass is 10.0. The lowest BCUT2D eigenvalue weighted by molar-refractivity contribution is 0.325. The number of nitrogens with two attached hydrogens (primary N) is 1. The van der Waals surface area contributed by atoms with Crippen LogP contribution in [0.15, 0.2) is 18.2 Å². The SMILES string of the molecule is CCc1cc(OC)ccc1CN1CC[C@@H](N)C1.Cl. The van der Waals surface area contributed by atoms with Crippen molar-refractivity contribution in [2.75, 3.05) is 20.2 Å². The van der Waals surface area contributed by atoms with Gasteiger partial charge in [-0.05, 0) is 36.1 Å². The molecule has 1 aliphatic rings. The van der Waals surface area contributed by atoms with E-state index in [-0.39, 0.29) is 12.4 Å². The van der Waals surface area contributed by atoms with Crippen LogP contribution < -0.4 is 10.5 Å². The average Bonchev–Trinajstić information content (AvgIpc) is 2.75. The summed E-state index contributed by atoms with van der Waals surface area (Å²) in [5.74, 6) is 0.948. The molecule has 0 aliphatic carbocycles. The highest BCUT2D eigenvalue weighted by Crippen LogP contribution is 2.21. The number of ether oxygens (including phenoxy) is 1. The molecule has 0 spiro atoms. The van der Waals surface area contributed by atoms with Crippen molar-refractivity contribution >= 4 is 12.4 Å². The third-order valence-electron chi connectivity index (χ3n) is 3.50. The highest BCUT2D eigenvalue weighted by Gasteiger charge is 2.19. The van der Waals surface area contributed by atoms with Gasteiger partial charge in [-0.3, -0.25) is 4.90 Å². The van der Waals surface area contributed by atoms with E-state index in [9.17, 15) is 0 Å². The van der Waals surface area contributed by atoms with Gasteiger partial charge >= 0.3 is 0 Å². The van der Waals surface area contributed by atoms with E-state index in [1.54, 1.807) is 7.11 Å². The molecule has 1 fully saturated rings. The van der Waals surface area contributed by atoms with Crippen molar-refractivity contribution in [2.24, 2.45) is 5.73 Å². The zero-order chi connectivity index (χ0) is 12.3. The van der Waals surface area contributed by atoms with Crippen LogP contribution >= 0.6 is 12.4 Å². The first-order chi connectivity index (χ1) is 8.22. The first-order valence-electron chi connectivity index (χ1n) is 6.36. The molecule has 1 aromatic rings. The number of hydrogen-bond acceptors (Lipinski definition) is 3. The zero-order valence-corrected chi connectivity index (χ0v) is 12.0. The fourth-order valence-electron chi connectivity index (χ4n) is 2.46. The molecule has 0 saturated carbocycles. The average molecular weight is 271 g/mol. The molecule has 0 amide bonds. The molecule has 1 aliphatic heterocycles. The van der Waals surface area contributed by atoms with Crippen LogP contribution in [0.1, 0.15) is 24.5 Å². The van der Waals surface area contributed by atoms with Gasteiger partial charge < -0.3 is 10.5 Å². The predicted molar refractivity (Wildman–Crippen MR) is 77.5 cm³/mol. The van der Waals surface area contributed by atoms with Gasteiger partial charge in [0.2, 0.25) is 0 Å². The highest BCUT2D eigenvalue weighted by atomic mass is 35.5. The number of likely N-dealkylation sites (tertiary alicyclic amines) is 1. The molecule has 3 nitrogen and oxygen atoms in total. The van der Waals surface area contributed by atoms with Crippen LogP contribution in [0, 0.1) is 0 Å². The number of aryl methyl sites for hydroxylation is 1. The summed E-state index contributed by atoms with van der Waals surface area (Å²) in [6.07, 6.45) is 2.17. The van der Waals surface area contributed by atoms with Gasteiger partial charge in [0.05, 0.1) is 7.11 Å². The number of nitrogens with zero attached hydrogens (tertiary/aromatic N) is 1. The topological polar surface area (TPSA) is 38.5 Å². The van der Waals surface area contributed by atoms with Gasteiger partial charge in [0.1, 0.15) is 5.75 Å². The molecule has 2 N–H and O–H groups in total. The molecule has 0 aromatic heterocycles. The number of hydrogen-bond donors (Lipinski definition) is 1. The van der Waals surface area contributed by atoms with Gasteiger partial charge in [0, 0.05) is 25.7 Å². The second-order valence-electron chi connectivity index (χ2n) is 4.77. The Morgan fingerprint density at radius 3 is 2.72 bits per heavy atom. The Morgan fingerprint density at radius 2 is 2.17 bits per heavy atom. The van der Waals surface area contributed by atoms with Crippen molar-refractivity contribution in [3.05, 3.63) is 29.3 Å². The smallest absolute Gasteiger partial charge is 0.119 e. The van der Waals surface area contributed by atoms with Gasteiger partial charge in [-0.1, -0.05) is 13.0 Å². The van der Waals surface area contributed by atoms with Gasteiger partial charge in [-0.25, -0.2) is 0 Å². The third-order valence-corrected chi connectivity index (χ3v) is 3.50. The Balaban J connectivity index is 0.00000162. The van der Waals surface area contributed by atoms with Gasteiger partial charge in [-0.2, -0.15) is 0 Å². The Kier molecular flexibility index (Phi) is 5.93. The summed E-state index contributed by atoms with van der Waals surface area (Å²) < 4.78 is 5.27. The summed E-state index contributed by atoms with van der Waals surface area (Å²) in [6, 6.07) is 6.73. The van der Waals surface area contributed by atoms with Crippen molar-refractivity contribution < 1.29 is 4.74 Å². The molecule has 1 heterocycles.